The lowest BCUT2D eigenvalue weighted by Gasteiger charge is -2.35. The summed E-state index contributed by atoms with van der Waals surface area (Å²) in [5.74, 6) is 0.704. The Morgan fingerprint density at radius 2 is 1.94 bits per heavy atom. The zero-order valence-corrected chi connectivity index (χ0v) is 19.3. The molecule has 0 spiro atoms. The Kier molecular flexibility index (Phi) is 6.33. The van der Waals surface area contributed by atoms with Crippen LogP contribution in [-0.4, -0.2) is 85.3 Å². The van der Waals surface area contributed by atoms with Crippen molar-refractivity contribution in [1.29, 1.82) is 0 Å². The molecule has 170 valence electrons. The van der Waals surface area contributed by atoms with Crippen molar-refractivity contribution in [3.05, 3.63) is 41.8 Å². The van der Waals surface area contributed by atoms with Crippen molar-refractivity contribution < 1.29 is 13.2 Å². The van der Waals surface area contributed by atoms with Gasteiger partial charge in [-0.2, -0.15) is 0 Å². The zero-order chi connectivity index (χ0) is 22.9. The normalized spacial score (nSPS) is 15.4. The Morgan fingerprint density at radius 1 is 1.19 bits per heavy atom. The predicted molar refractivity (Wildman–Crippen MR) is 123 cm³/mol. The highest BCUT2D eigenvalue weighted by Gasteiger charge is 2.23. The van der Waals surface area contributed by atoms with Crippen LogP contribution in [0.4, 0.5) is 11.5 Å². The van der Waals surface area contributed by atoms with Crippen LogP contribution >= 0.6 is 11.6 Å². The third kappa shape index (κ3) is 4.56. The van der Waals surface area contributed by atoms with Gasteiger partial charge in [0.25, 0.3) is 0 Å². The van der Waals surface area contributed by atoms with Gasteiger partial charge in [0.1, 0.15) is 22.7 Å². The van der Waals surface area contributed by atoms with Gasteiger partial charge in [-0.3, -0.25) is 9.69 Å². The standard InChI is InChI=1S/C20H24ClN7O3S/c1-26(2)32(30,31)17-4-3-14(11-16(17)21)25-18(29)12-27-7-9-28(10-8-27)20-15-5-6-22-19(15)23-13-24-20/h3-6,11,13H,7-10,12H2,1-2H3,(H,25,29)(H,22,23,24). The summed E-state index contributed by atoms with van der Waals surface area (Å²) in [4.78, 5) is 28.5. The first-order valence-corrected chi connectivity index (χ1v) is 11.8. The van der Waals surface area contributed by atoms with Crippen molar-refractivity contribution in [2.75, 3.05) is 57.0 Å². The van der Waals surface area contributed by atoms with Crippen LogP contribution in [0.25, 0.3) is 11.0 Å². The van der Waals surface area contributed by atoms with E-state index in [1.54, 1.807) is 6.33 Å². The highest BCUT2D eigenvalue weighted by Crippen LogP contribution is 2.27. The van der Waals surface area contributed by atoms with Gasteiger partial charge in [-0.1, -0.05) is 11.6 Å². The Bertz CT molecular complexity index is 1240. The van der Waals surface area contributed by atoms with Gasteiger partial charge in [0, 0.05) is 52.2 Å². The molecule has 1 amide bonds. The predicted octanol–water partition coefficient (Wildman–Crippen LogP) is 1.62. The molecule has 0 saturated carbocycles. The number of sulfonamides is 1. The summed E-state index contributed by atoms with van der Waals surface area (Å²) in [5.41, 5.74) is 1.26. The largest absolute Gasteiger partial charge is 0.353 e. The van der Waals surface area contributed by atoms with Crippen molar-refractivity contribution in [2.24, 2.45) is 0 Å². The smallest absolute Gasteiger partial charge is 0.244 e. The van der Waals surface area contributed by atoms with Gasteiger partial charge in [0.05, 0.1) is 17.0 Å². The Balaban J connectivity index is 1.34. The van der Waals surface area contributed by atoms with Gasteiger partial charge < -0.3 is 15.2 Å². The van der Waals surface area contributed by atoms with Crippen LogP contribution in [0.3, 0.4) is 0 Å². The maximum Gasteiger partial charge on any atom is 0.244 e. The van der Waals surface area contributed by atoms with Crippen LogP contribution in [0.5, 0.6) is 0 Å². The van der Waals surface area contributed by atoms with Crippen molar-refractivity contribution in [2.45, 2.75) is 4.90 Å². The number of H-pyrrole nitrogens is 1. The van der Waals surface area contributed by atoms with E-state index in [-0.39, 0.29) is 22.4 Å². The molecule has 3 aromatic rings. The topological polar surface area (TPSA) is 115 Å². The van der Waals surface area contributed by atoms with Gasteiger partial charge in [0.15, 0.2) is 0 Å². The summed E-state index contributed by atoms with van der Waals surface area (Å²) < 4.78 is 25.6. The monoisotopic (exact) mass is 477 g/mol. The average molecular weight is 478 g/mol. The van der Waals surface area contributed by atoms with Crippen LogP contribution in [0.1, 0.15) is 0 Å². The molecule has 12 heteroatoms. The fourth-order valence-corrected chi connectivity index (χ4v) is 5.03. The molecular formula is C20H24ClN7O3S. The molecule has 1 saturated heterocycles. The molecule has 0 radical (unpaired) electrons. The lowest BCUT2D eigenvalue weighted by molar-refractivity contribution is -0.117. The fourth-order valence-electron chi connectivity index (χ4n) is 3.62. The summed E-state index contributed by atoms with van der Waals surface area (Å²) in [6.45, 7) is 3.14. The average Bonchev–Trinajstić information content (AvgIpc) is 3.23. The number of piperazine rings is 1. The van der Waals surface area contributed by atoms with Crippen molar-refractivity contribution >= 4 is 50.1 Å². The van der Waals surface area contributed by atoms with E-state index >= 15 is 0 Å². The van der Waals surface area contributed by atoms with E-state index < -0.39 is 10.0 Å². The van der Waals surface area contributed by atoms with E-state index in [0.29, 0.717) is 18.8 Å². The number of anilines is 2. The first kappa shape index (κ1) is 22.5. The van der Waals surface area contributed by atoms with E-state index in [1.807, 2.05) is 12.3 Å². The summed E-state index contributed by atoms with van der Waals surface area (Å²) in [5, 5.41) is 3.83. The molecular weight excluding hydrogens is 454 g/mol. The zero-order valence-electron chi connectivity index (χ0n) is 17.7. The van der Waals surface area contributed by atoms with E-state index in [0.717, 1.165) is 34.2 Å². The fraction of sp³-hybridized carbons (Fsp3) is 0.350. The number of amides is 1. The van der Waals surface area contributed by atoms with Crippen molar-refractivity contribution in [1.82, 2.24) is 24.2 Å². The number of nitrogens with one attached hydrogen (secondary N) is 2. The first-order valence-electron chi connectivity index (χ1n) is 10.0. The molecule has 0 unspecified atom stereocenters. The van der Waals surface area contributed by atoms with Gasteiger partial charge in [-0.15, -0.1) is 0 Å². The van der Waals surface area contributed by atoms with Crippen LogP contribution in [0, 0.1) is 0 Å². The number of aromatic amines is 1. The lowest BCUT2D eigenvalue weighted by atomic mass is 10.2. The van der Waals surface area contributed by atoms with E-state index in [9.17, 15) is 13.2 Å². The van der Waals surface area contributed by atoms with Crippen LogP contribution < -0.4 is 10.2 Å². The lowest BCUT2D eigenvalue weighted by Crippen LogP contribution is -2.49. The number of rotatable bonds is 6. The maximum absolute atomic E-state index is 12.5. The third-order valence-corrected chi connectivity index (χ3v) is 7.64. The number of carbonyl (C=O) groups excluding carboxylic acids is 1. The highest BCUT2D eigenvalue weighted by atomic mass is 35.5. The van der Waals surface area contributed by atoms with E-state index in [1.165, 1.54) is 32.3 Å². The molecule has 4 rings (SSSR count). The molecule has 3 heterocycles. The number of halogens is 1. The molecule has 2 N–H and O–H groups in total. The molecule has 1 aromatic carbocycles. The van der Waals surface area contributed by atoms with Crippen molar-refractivity contribution in [3.8, 4) is 0 Å². The second-order valence-corrected chi connectivity index (χ2v) is 10.2. The Labute approximate surface area is 191 Å². The van der Waals surface area contributed by atoms with E-state index in [4.69, 9.17) is 11.6 Å². The molecule has 0 aliphatic carbocycles. The minimum Gasteiger partial charge on any atom is -0.353 e. The Morgan fingerprint density at radius 3 is 2.62 bits per heavy atom. The molecule has 2 aromatic heterocycles. The highest BCUT2D eigenvalue weighted by molar-refractivity contribution is 7.89. The number of hydrogen-bond donors (Lipinski definition) is 2. The van der Waals surface area contributed by atoms with Crippen LogP contribution in [0.15, 0.2) is 41.7 Å². The summed E-state index contributed by atoms with van der Waals surface area (Å²) in [7, 11) is -0.774. The van der Waals surface area contributed by atoms with Crippen LogP contribution in [0.2, 0.25) is 5.02 Å². The first-order chi connectivity index (χ1) is 15.3. The second kappa shape index (κ2) is 9.02. The van der Waals surface area contributed by atoms with Gasteiger partial charge in [0.2, 0.25) is 15.9 Å². The molecule has 10 nitrogen and oxygen atoms in total. The SMILES string of the molecule is CN(C)S(=O)(=O)c1ccc(NC(=O)CN2CCN(c3ncnc4[nH]ccc34)CC2)cc1Cl. The molecule has 32 heavy (non-hydrogen) atoms. The number of carbonyl (C=O) groups is 1. The maximum atomic E-state index is 12.5. The van der Waals surface area contributed by atoms with Crippen LogP contribution in [-0.2, 0) is 14.8 Å². The number of benzene rings is 1. The van der Waals surface area contributed by atoms with E-state index in [2.05, 4.69) is 30.1 Å². The van der Waals surface area contributed by atoms with Gasteiger partial charge >= 0.3 is 0 Å². The molecule has 0 bridgehead atoms. The number of fused-ring (bicyclic) bond motifs is 1. The second-order valence-electron chi connectivity index (χ2n) is 7.68. The summed E-state index contributed by atoms with van der Waals surface area (Å²) in [6, 6.07) is 6.35. The quantitative estimate of drug-likeness (QED) is 0.554. The number of nitrogens with zero attached hydrogens (tertiary/aromatic N) is 5. The number of hydrogen-bond acceptors (Lipinski definition) is 7. The summed E-state index contributed by atoms with van der Waals surface area (Å²) in [6.07, 6.45) is 3.40. The Hall–Kier alpha value is -2.73. The van der Waals surface area contributed by atoms with Crippen molar-refractivity contribution in [3.63, 3.8) is 0 Å². The van der Waals surface area contributed by atoms with Gasteiger partial charge in [-0.25, -0.2) is 22.7 Å². The van der Waals surface area contributed by atoms with Gasteiger partial charge in [-0.05, 0) is 24.3 Å². The minimum absolute atomic E-state index is 0.000427. The summed E-state index contributed by atoms with van der Waals surface area (Å²) >= 11 is 6.16. The number of aromatic nitrogens is 3. The molecule has 0 atom stereocenters. The molecule has 1 aliphatic rings. The molecule has 1 aliphatic heterocycles. The molecule has 1 fully saturated rings. The third-order valence-electron chi connectivity index (χ3n) is 5.35. The minimum atomic E-state index is -3.65.